The van der Waals surface area contributed by atoms with Crippen molar-refractivity contribution in [3.63, 3.8) is 0 Å². The van der Waals surface area contributed by atoms with E-state index in [0.29, 0.717) is 22.5 Å². The quantitative estimate of drug-likeness (QED) is 0.420. The zero-order valence-corrected chi connectivity index (χ0v) is 19.2. The molecule has 5 aromatic heterocycles. The molecule has 0 bridgehead atoms. The summed E-state index contributed by atoms with van der Waals surface area (Å²) in [6.07, 6.45) is 11.9. The Hall–Kier alpha value is -4.98. The van der Waals surface area contributed by atoms with Gasteiger partial charge in [-0.15, -0.1) is 0 Å². The van der Waals surface area contributed by atoms with Gasteiger partial charge in [-0.25, -0.2) is 14.3 Å². The lowest BCUT2D eigenvalue weighted by Crippen LogP contribution is -2.31. The predicted octanol–water partition coefficient (Wildman–Crippen LogP) is 3.19. The molecule has 0 saturated heterocycles. The summed E-state index contributed by atoms with van der Waals surface area (Å²) in [5.74, 6) is 0.500. The number of nitrogens with zero attached hydrogens (tertiary/aromatic N) is 8. The van der Waals surface area contributed by atoms with Crippen molar-refractivity contribution < 1.29 is 9.53 Å². The first-order valence-electron chi connectivity index (χ1n) is 10.7. The summed E-state index contributed by atoms with van der Waals surface area (Å²) < 4.78 is 9.69. The molecule has 174 valence electrons. The number of nitrogens with one attached hydrogen (secondary N) is 1. The number of rotatable bonds is 5. The van der Waals surface area contributed by atoms with Crippen LogP contribution >= 0.6 is 0 Å². The van der Waals surface area contributed by atoms with Crippen molar-refractivity contribution >= 4 is 11.5 Å². The standard InChI is InChI=1S/C24H21N9O2/c1-15(16-4-5-22(35-3)26-8-16)30-24(34)33-14-20(11-29-33)21-6-17(19-10-27-31(2)12-19)13-32-23(21)18(7-25)9-28-32/h4-6,8-15H,1-3H3,(H,30,34)/t15-/m0/s1. The van der Waals surface area contributed by atoms with Crippen molar-refractivity contribution in [1.82, 2.24) is 39.5 Å². The fourth-order valence-corrected chi connectivity index (χ4v) is 3.83. The van der Waals surface area contributed by atoms with Gasteiger partial charge in [0, 0.05) is 60.2 Å². The number of hydrogen-bond donors (Lipinski definition) is 1. The molecule has 35 heavy (non-hydrogen) atoms. The Morgan fingerprint density at radius 1 is 1.06 bits per heavy atom. The Morgan fingerprint density at radius 3 is 2.57 bits per heavy atom. The number of aromatic nitrogens is 7. The van der Waals surface area contributed by atoms with Gasteiger partial charge in [0.05, 0.1) is 42.8 Å². The SMILES string of the molecule is COc1ccc([C@H](C)NC(=O)n2cc(-c3cc(-c4cnn(C)c4)cn4ncc(C#N)c34)cn2)cn1. The second kappa shape index (κ2) is 8.75. The Kier molecular flexibility index (Phi) is 5.46. The summed E-state index contributed by atoms with van der Waals surface area (Å²) in [6, 6.07) is 7.02. The molecule has 0 spiro atoms. The van der Waals surface area contributed by atoms with Gasteiger partial charge in [0.15, 0.2) is 0 Å². The van der Waals surface area contributed by atoms with Gasteiger partial charge < -0.3 is 10.1 Å². The zero-order chi connectivity index (χ0) is 24.5. The van der Waals surface area contributed by atoms with Gasteiger partial charge in [-0.1, -0.05) is 6.07 Å². The van der Waals surface area contributed by atoms with Crippen LogP contribution in [0.4, 0.5) is 4.79 Å². The monoisotopic (exact) mass is 467 g/mol. The second-order valence-electron chi connectivity index (χ2n) is 7.99. The van der Waals surface area contributed by atoms with Crippen molar-refractivity contribution in [2.75, 3.05) is 7.11 Å². The fourth-order valence-electron chi connectivity index (χ4n) is 3.83. The average Bonchev–Trinajstić information content (AvgIpc) is 3.63. The summed E-state index contributed by atoms with van der Waals surface area (Å²) in [6.45, 7) is 1.86. The highest BCUT2D eigenvalue weighted by Crippen LogP contribution is 2.31. The van der Waals surface area contributed by atoms with Crippen LogP contribution in [0.3, 0.4) is 0 Å². The lowest BCUT2D eigenvalue weighted by atomic mass is 10.0. The van der Waals surface area contributed by atoms with Crippen LogP contribution in [0.15, 0.2) is 61.6 Å². The molecule has 11 heteroatoms. The molecule has 11 nitrogen and oxygen atoms in total. The van der Waals surface area contributed by atoms with Gasteiger partial charge in [0.25, 0.3) is 0 Å². The first-order valence-corrected chi connectivity index (χ1v) is 10.7. The molecule has 5 aromatic rings. The van der Waals surface area contributed by atoms with E-state index < -0.39 is 6.03 Å². The number of pyridine rings is 2. The normalized spacial score (nSPS) is 11.8. The molecule has 5 heterocycles. The summed E-state index contributed by atoms with van der Waals surface area (Å²) in [4.78, 5) is 17.1. The maximum atomic E-state index is 12.9. The zero-order valence-electron chi connectivity index (χ0n) is 19.2. The van der Waals surface area contributed by atoms with E-state index >= 15 is 0 Å². The number of ether oxygens (including phenoxy) is 1. The van der Waals surface area contributed by atoms with Crippen LogP contribution in [0.1, 0.15) is 24.1 Å². The van der Waals surface area contributed by atoms with Gasteiger partial charge in [0.2, 0.25) is 5.88 Å². The van der Waals surface area contributed by atoms with Crippen LogP contribution in [-0.2, 0) is 7.05 Å². The van der Waals surface area contributed by atoms with E-state index in [1.807, 2.05) is 38.5 Å². The number of fused-ring (bicyclic) bond motifs is 1. The summed E-state index contributed by atoms with van der Waals surface area (Å²) in [5.41, 5.74) is 5.06. The molecule has 0 unspecified atom stereocenters. The summed E-state index contributed by atoms with van der Waals surface area (Å²) >= 11 is 0. The van der Waals surface area contributed by atoms with Crippen LogP contribution < -0.4 is 10.1 Å². The largest absolute Gasteiger partial charge is 0.481 e. The molecule has 0 aliphatic rings. The van der Waals surface area contributed by atoms with Crippen LogP contribution in [0, 0.1) is 11.3 Å². The number of methoxy groups -OCH3 is 1. The average molecular weight is 467 g/mol. The number of hydrogen-bond acceptors (Lipinski definition) is 7. The lowest BCUT2D eigenvalue weighted by Gasteiger charge is -2.14. The number of nitriles is 1. The maximum Gasteiger partial charge on any atom is 0.342 e. The highest BCUT2D eigenvalue weighted by molar-refractivity contribution is 5.88. The molecule has 0 aromatic carbocycles. The molecule has 0 radical (unpaired) electrons. The smallest absolute Gasteiger partial charge is 0.342 e. The fraction of sp³-hybridized carbons (Fsp3) is 0.167. The van der Waals surface area contributed by atoms with Crippen LogP contribution in [0.2, 0.25) is 0 Å². The molecule has 0 aliphatic heterocycles. The third kappa shape index (κ3) is 4.08. The second-order valence-corrected chi connectivity index (χ2v) is 7.99. The first-order chi connectivity index (χ1) is 17.0. The number of carbonyl (C=O) groups excluding carboxylic acids is 1. The van der Waals surface area contributed by atoms with Gasteiger partial charge in [0.1, 0.15) is 6.07 Å². The minimum absolute atomic E-state index is 0.297. The third-order valence-electron chi connectivity index (χ3n) is 5.68. The predicted molar refractivity (Wildman–Crippen MR) is 126 cm³/mol. The summed E-state index contributed by atoms with van der Waals surface area (Å²) in [5, 5.41) is 25.4. The Bertz CT molecular complexity index is 1570. The molecule has 0 saturated carbocycles. The van der Waals surface area contributed by atoms with Crippen molar-refractivity contribution in [3.05, 3.63) is 72.7 Å². The highest BCUT2D eigenvalue weighted by Gasteiger charge is 2.18. The van der Waals surface area contributed by atoms with Gasteiger partial charge >= 0.3 is 6.03 Å². The molecule has 5 rings (SSSR count). The molecule has 1 atom stereocenters. The third-order valence-corrected chi connectivity index (χ3v) is 5.68. The lowest BCUT2D eigenvalue weighted by molar-refractivity contribution is 0.236. The van der Waals surface area contributed by atoms with E-state index in [0.717, 1.165) is 22.3 Å². The number of amides is 1. The first kappa shape index (κ1) is 21.8. The van der Waals surface area contributed by atoms with Crippen molar-refractivity contribution in [1.29, 1.82) is 5.26 Å². The van der Waals surface area contributed by atoms with E-state index in [2.05, 4.69) is 31.7 Å². The van der Waals surface area contributed by atoms with Gasteiger partial charge in [-0.2, -0.15) is 25.2 Å². The van der Waals surface area contributed by atoms with E-state index in [9.17, 15) is 10.1 Å². The number of carbonyl (C=O) groups is 1. The van der Waals surface area contributed by atoms with Gasteiger partial charge in [-0.05, 0) is 18.6 Å². The Morgan fingerprint density at radius 2 is 1.89 bits per heavy atom. The molecule has 0 aliphatic carbocycles. The highest BCUT2D eigenvalue weighted by atomic mass is 16.5. The molecular weight excluding hydrogens is 446 g/mol. The molecule has 0 fully saturated rings. The van der Waals surface area contributed by atoms with Crippen molar-refractivity contribution in [2.45, 2.75) is 13.0 Å². The van der Waals surface area contributed by atoms with E-state index in [4.69, 9.17) is 4.74 Å². The molecule has 1 N–H and O–H groups in total. The molecular formula is C24H21N9O2. The Balaban J connectivity index is 1.47. The van der Waals surface area contributed by atoms with Crippen LogP contribution in [-0.4, -0.2) is 47.3 Å². The minimum Gasteiger partial charge on any atom is -0.481 e. The Labute approximate surface area is 200 Å². The van der Waals surface area contributed by atoms with Crippen molar-refractivity contribution in [2.24, 2.45) is 7.05 Å². The van der Waals surface area contributed by atoms with Gasteiger partial charge in [-0.3, -0.25) is 4.68 Å². The van der Waals surface area contributed by atoms with Crippen LogP contribution in [0.25, 0.3) is 27.8 Å². The maximum absolute atomic E-state index is 12.9. The minimum atomic E-state index is -0.395. The number of aryl methyl sites for hydroxylation is 1. The van der Waals surface area contributed by atoms with E-state index in [1.165, 1.54) is 10.9 Å². The van der Waals surface area contributed by atoms with Crippen LogP contribution in [0.5, 0.6) is 5.88 Å². The van der Waals surface area contributed by atoms with E-state index in [1.54, 1.807) is 47.2 Å². The summed E-state index contributed by atoms with van der Waals surface area (Å²) in [7, 11) is 3.39. The van der Waals surface area contributed by atoms with Crippen molar-refractivity contribution in [3.8, 4) is 34.2 Å². The molecule has 1 amide bonds. The topological polar surface area (TPSA) is 128 Å². The van der Waals surface area contributed by atoms with E-state index in [-0.39, 0.29) is 6.04 Å².